The molecular weight excluding hydrogens is 300 g/mol. The minimum Gasteiger partial charge on any atom is -0.489 e. The van der Waals surface area contributed by atoms with Gasteiger partial charge in [-0.2, -0.15) is 0 Å². The number of ether oxygens (including phenoxy) is 1. The molecule has 1 N–H and O–H groups in total. The van der Waals surface area contributed by atoms with Crippen molar-refractivity contribution < 1.29 is 9.53 Å². The van der Waals surface area contributed by atoms with Crippen LogP contribution in [0.1, 0.15) is 19.4 Å². The van der Waals surface area contributed by atoms with Crippen LogP contribution in [0.4, 0.5) is 0 Å². The van der Waals surface area contributed by atoms with Crippen LogP contribution < -0.4 is 10.1 Å². The minimum atomic E-state index is 0.0203. The summed E-state index contributed by atoms with van der Waals surface area (Å²) in [6, 6.07) is 18.2. The molecule has 0 fully saturated rings. The first-order chi connectivity index (χ1) is 11.6. The summed E-state index contributed by atoms with van der Waals surface area (Å²) in [5, 5.41) is 3.98. The average molecular weight is 322 g/mol. The SMILES string of the molecule is CC(C)NC(=O)Cn1ccc2cc(OCc3ccccc3)ccc21. The normalized spacial score (nSPS) is 11.0. The van der Waals surface area contributed by atoms with E-state index in [0.29, 0.717) is 13.2 Å². The number of hydrogen-bond donors (Lipinski definition) is 1. The second-order valence-electron chi connectivity index (χ2n) is 6.16. The zero-order valence-corrected chi connectivity index (χ0v) is 14.0. The second-order valence-corrected chi connectivity index (χ2v) is 6.16. The van der Waals surface area contributed by atoms with E-state index in [1.54, 1.807) is 0 Å². The standard InChI is InChI=1S/C20H22N2O2/c1-15(2)21-20(23)13-22-11-10-17-12-18(8-9-19(17)22)24-14-16-6-4-3-5-7-16/h3-12,15H,13-14H2,1-2H3,(H,21,23). The zero-order valence-electron chi connectivity index (χ0n) is 14.0. The smallest absolute Gasteiger partial charge is 0.240 e. The number of amides is 1. The van der Waals surface area contributed by atoms with Crippen molar-refractivity contribution in [3.63, 3.8) is 0 Å². The summed E-state index contributed by atoms with van der Waals surface area (Å²) < 4.78 is 7.81. The summed E-state index contributed by atoms with van der Waals surface area (Å²) in [6.45, 7) is 4.79. The van der Waals surface area contributed by atoms with E-state index in [-0.39, 0.29) is 11.9 Å². The predicted molar refractivity (Wildman–Crippen MR) is 96.0 cm³/mol. The van der Waals surface area contributed by atoms with Crippen LogP contribution in [0.2, 0.25) is 0 Å². The summed E-state index contributed by atoms with van der Waals surface area (Å²) in [5.41, 5.74) is 2.17. The lowest BCUT2D eigenvalue weighted by Crippen LogP contribution is -2.32. The molecule has 24 heavy (non-hydrogen) atoms. The van der Waals surface area contributed by atoms with Gasteiger partial charge in [-0.1, -0.05) is 30.3 Å². The molecule has 0 bridgehead atoms. The van der Waals surface area contributed by atoms with Crippen molar-refractivity contribution in [3.8, 4) is 5.75 Å². The van der Waals surface area contributed by atoms with Crippen molar-refractivity contribution in [3.05, 3.63) is 66.4 Å². The molecular formula is C20H22N2O2. The lowest BCUT2D eigenvalue weighted by molar-refractivity contribution is -0.122. The Morgan fingerprint density at radius 3 is 2.67 bits per heavy atom. The molecule has 0 atom stereocenters. The minimum absolute atomic E-state index is 0.0203. The van der Waals surface area contributed by atoms with Crippen LogP contribution in [0.3, 0.4) is 0 Å². The molecule has 4 heteroatoms. The highest BCUT2D eigenvalue weighted by Gasteiger charge is 2.08. The van der Waals surface area contributed by atoms with E-state index < -0.39 is 0 Å². The maximum Gasteiger partial charge on any atom is 0.240 e. The van der Waals surface area contributed by atoms with Gasteiger partial charge in [-0.25, -0.2) is 0 Å². The number of aromatic nitrogens is 1. The first-order valence-electron chi connectivity index (χ1n) is 8.17. The largest absolute Gasteiger partial charge is 0.489 e. The van der Waals surface area contributed by atoms with E-state index >= 15 is 0 Å². The molecule has 0 spiro atoms. The Hall–Kier alpha value is -2.75. The van der Waals surface area contributed by atoms with E-state index in [0.717, 1.165) is 22.2 Å². The van der Waals surface area contributed by atoms with Crippen LogP contribution in [-0.4, -0.2) is 16.5 Å². The number of carbonyl (C=O) groups is 1. The monoisotopic (exact) mass is 322 g/mol. The van der Waals surface area contributed by atoms with Gasteiger partial charge < -0.3 is 14.6 Å². The van der Waals surface area contributed by atoms with Gasteiger partial charge in [0.2, 0.25) is 5.91 Å². The predicted octanol–water partition coefficient (Wildman–Crippen LogP) is 3.74. The van der Waals surface area contributed by atoms with Crippen molar-refractivity contribution in [2.45, 2.75) is 33.0 Å². The van der Waals surface area contributed by atoms with Crippen molar-refractivity contribution in [1.29, 1.82) is 0 Å². The maximum absolute atomic E-state index is 11.9. The zero-order chi connectivity index (χ0) is 16.9. The quantitative estimate of drug-likeness (QED) is 0.751. The number of hydrogen-bond acceptors (Lipinski definition) is 2. The maximum atomic E-state index is 11.9. The van der Waals surface area contributed by atoms with Crippen LogP contribution >= 0.6 is 0 Å². The molecule has 0 radical (unpaired) electrons. The molecule has 1 amide bonds. The Morgan fingerprint density at radius 1 is 1.12 bits per heavy atom. The Bertz CT molecular complexity index is 822. The van der Waals surface area contributed by atoms with Crippen molar-refractivity contribution in [2.24, 2.45) is 0 Å². The highest BCUT2D eigenvalue weighted by molar-refractivity contribution is 5.84. The molecule has 2 aromatic carbocycles. The van der Waals surface area contributed by atoms with Crippen LogP contribution in [-0.2, 0) is 17.9 Å². The molecule has 4 nitrogen and oxygen atoms in total. The molecule has 0 saturated carbocycles. The Kier molecular flexibility index (Phi) is 4.85. The summed E-state index contributed by atoms with van der Waals surface area (Å²) in [4.78, 5) is 11.9. The van der Waals surface area contributed by atoms with Gasteiger partial charge in [0.15, 0.2) is 0 Å². The van der Waals surface area contributed by atoms with Crippen LogP contribution in [0.25, 0.3) is 10.9 Å². The molecule has 0 saturated heterocycles. The molecule has 3 aromatic rings. The van der Waals surface area contributed by atoms with Gasteiger partial charge in [-0.05, 0) is 43.7 Å². The molecule has 0 aliphatic heterocycles. The number of carbonyl (C=O) groups excluding carboxylic acids is 1. The third-order valence-electron chi connectivity index (χ3n) is 3.75. The lowest BCUT2D eigenvalue weighted by Gasteiger charge is -2.10. The van der Waals surface area contributed by atoms with E-state index in [4.69, 9.17) is 4.74 Å². The topological polar surface area (TPSA) is 43.3 Å². The van der Waals surface area contributed by atoms with Crippen LogP contribution in [0, 0.1) is 0 Å². The molecule has 124 valence electrons. The molecule has 1 heterocycles. The second kappa shape index (κ2) is 7.21. The lowest BCUT2D eigenvalue weighted by atomic mass is 10.2. The van der Waals surface area contributed by atoms with Crippen molar-refractivity contribution in [1.82, 2.24) is 9.88 Å². The summed E-state index contributed by atoms with van der Waals surface area (Å²) in [7, 11) is 0. The number of nitrogens with one attached hydrogen (secondary N) is 1. The molecule has 0 aliphatic carbocycles. The number of nitrogens with zero attached hydrogens (tertiary/aromatic N) is 1. The first-order valence-corrected chi connectivity index (χ1v) is 8.17. The van der Waals surface area contributed by atoms with Gasteiger partial charge in [0, 0.05) is 23.1 Å². The summed E-state index contributed by atoms with van der Waals surface area (Å²) >= 11 is 0. The van der Waals surface area contributed by atoms with Crippen molar-refractivity contribution >= 4 is 16.8 Å². The van der Waals surface area contributed by atoms with E-state index in [2.05, 4.69) is 5.32 Å². The molecule has 3 rings (SSSR count). The molecule has 0 aliphatic rings. The van der Waals surface area contributed by atoms with Crippen LogP contribution in [0.15, 0.2) is 60.8 Å². The van der Waals surface area contributed by atoms with Gasteiger partial charge in [0.05, 0.1) is 0 Å². The molecule has 1 aromatic heterocycles. The van der Waals surface area contributed by atoms with E-state index in [9.17, 15) is 4.79 Å². The van der Waals surface area contributed by atoms with Gasteiger partial charge in [0.1, 0.15) is 18.9 Å². The highest BCUT2D eigenvalue weighted by atomic mass is 16.5. The Morgan fingerprint density at radius 2 is 1.92 bits per heavy atom. The molecule has 0 unspecified atom stereocenters. The van der Waals surface area contributed by atoms with E-state index in [1.807, 2.05) is 79.2 Å². The van der Waals surface area contributed by atoms with Crippen LogP contribution in [0.5, 0.6) is 5.75 Å². The van der Waals surface area contributed by atoms with Gasteiger partial charge in [0.25, 0.3) is 0 Å². The van der Waals surface area contributed by atoms with E-state index in [1.165, 1.54) is 0 Å². The Labute approximate surface area is 142 Å². The van der Waals surface area contributed by atoms with Gasteiger partial charge in [-0.15, -0.1) is 0 Å². The summed E-state index contributed by atoms with van der Waals surface area (Å²) in [6.07, 6.45) is 1.94. The van der Waals surface area contributed by atoms with Gasteiger partial charge >= 0.3 is 0 Å². The Balaban J connectivity index is 1.70. The fourth-order valence-corrected chi connectivity index (χ4v) is 2.67. The highest BCUT2D eigenvalue weighted by Crippen LogP contribution is 2.22. The van der Waals surface area contributed by atoms with Crippen molar-refractivity contribution in [2.75, 3.05) is 0 Å². The van der Waals surface area contributed by atoms with Gasteiger partial charge in [-0.3, -0.25) is 4.79 Å². The summed E-state index contributed by atoms with van der Waals surface area (Å²) in [5.74, 6) is 0.850. The number of benzene rings is 2. The first kappa shape index (κ1) is 16.1. The third-order valence-corrected chi connectivity index (χ3v) is 3.75. The fraction of sp³-hybridized carbons (Fsp3) is 0.250. The fourth-order valence-electron chi connectivity index (χ4n) is 2.67. The number of rotatable bonds is 6. The average Bonchev–Trinajstić information content (AvgIpc) is 2.95. The number of fused-ring (bicyclic) bond motifs is 1. The third kappa shape index (κ3) is 3.96.